The Kier molecular flexibility index (Phi) is 3.42. The molecule has 3 aliphatic rings. The highest BCUT2D eigenvalue weighted by Gasteiger charge is 2.49. The van der Waals surface area contributed by atoms with Crippen LogP contribution in [0.1, 0.15) is 30.4 Å². The Balaban J connectivity index is 1.55. The Hall–Kier alpha value is -1.46. The maximum atomic E-state index is 14.6. The molecule has 0 aromatic heterocycles. The number of carbonyl (C=O) groups is 1. The molecule has 2 aliphatic carbocycles. The predicted octanol–water partition coefficient (Wildman–Crippen LogP) is 1.78. The van der Waals surface area contributed by atoms with Crippen molar-refractivity contribution in [2.75, 3.05) is 11.9 Å². The van der Waals surface area contributed by atoms with Crippen LogP contribution in [-0.2, 0) is 17.8 Å². The Bertz CT molecular complexity index is 616. The van der Waals surface area contributed by atoms with Gasteiger partial charge in [-0.1, -0.05) is 6.07 Å². The number of halogens is 1. The summed E-state index contributed by atoms with van der Waals surface area (Å²) in [5.41, 5.74) is 8.23. The highest BCUT2D eigenvalue weighted by molar-refractivity contribution is 5.94. The van der Waals surface area contributed by atoms with E-state index in [-0.39, 0.29) is 23.7 Å². The van der Waals surface area contributed by atoms with Crippen LogP contribution >= 0.6 is 0 Å². The van der Waals surface area contributed by atoms with Crippen molar-refractivity contribution in [2.24, 2.45) is 23.5 Å². The van der Waals surface area contributed by atoms with Crippen LogP contribution < -0.4 is 16.4 Å². The van der Waals surface area contributed by atoms with Gasteiger partial charge < -0.3 is 16.4 Å². The Morgan fingerprint density at radius 3 is 2.91 bits per heavy atom. The van der Waals surface area contributed by atoms with E-state index in [0.717, 1.165) is 36.9 Å². The van der Waals surface area contributed by atoms with E-state index < -0.39 is 0 Å². The second-order valence-corrected chi connectivity index (χ2v) is 6.92. The van der Waals surface area contributed by atoms with Gasteiger partial charge in [-0.05, 0) is 61.3 Å². The third-order valence-corrected chi connectivity index (χ3v) is 5.75. The molecule has 2 fully saturated rings. The van der Waals surface area contributed by atoms with Gasteiger partial charge in [-0.15, -0.1) is 0 Å². The van der Waals surface area contributed by atoms with Crippen LogP contribution in [0.5, 0.6) is 0 Å². The number of fused-ring (bicyclic) bond motifs is 3. The van der Waals surface area contributed by atoms with Crippen molar-refractivity contribution in [1.82, 2.24) is 5.32 Å². The molecule has 0 spiro atoms. The third-order valence-electron chi connectivity index (χ3n) is 5.75. The van der Waals surface area contributed by atoms with Crippen LogP contribution in [-0.4, -0.2) is 18.5 Å². The lowest BCUT2D eigenvalue weighted by molar-refractivity contribution is -0.121. The van der Waals surface area contributed by atoms with Gasteiger partial charge in [0.05, 0.1) is 11.6 Å². The molecule has 2 saturated carbocycles. The number of anilines is 1. The van der Waals surface area contributed by atoms with Crippen LogP contribution in [0.25, 0.3) is 0 Å². The van der Waals surface area contributed by atoms with Gasteiger partial charge in [0.25, 0.3) is 0 Å². The molecule has 4 N–H and O–H groups in total. The molecule has 4 rings (SSSR count). The van der Waals surface area contributed by atoms with E-state index in [1.54, 1.807) is 6.07 Å². The van der Waals surface area contributed by atoms with Crippen LogP contribution in [0.4, 0.5) is 10.1 Å². The van der Waals surface area contributed by atoms with Crippen molar-refractivity contribution in [3.05, 3.63) is 29.1 Å². The topological polar surface area (TPSA) is 67.2 Å². The summed E-state index contributed by atoms with van der Waals surface area (Å²) < 4.78 is 14.6. The summed E-state index contributed by atoms with van der Waals surface area (Å²) in [5, 5.41) is 6.03. The minimum atomic E-state index is -0.274. The molecule has 4 atom stereocenters. The van der Waals surface area contributed by atoms with Crippen molar-refractivity contribution in [1.29, 1.82) is 0 Å². The number of benzene rings is 1. The summed E-state index contributed by atoms with van der Waals surface area (Å²) in [4.78, 5) is 12.6. The lowest BCUT2D eigenvalue weighted by Crippen LogP contribution is -2.42. The largest absolute Gasteiger partial charge is 0.327 e. The molecule has 1 aromatic carbocycles. The fraction of sp³-hybridized carbons (Fsp3) is 0.588. The summed E-state index contributed by atoms with van der Waals surface area (Å²) >= 11 is 0. The molecule has 2 bridgehead atoms. The number of nitrogens with one attached hydrogen (secondary N) is 2. The van der Waals surface area contributed by atoms with Gasteiger partial charge >= 0.3 is 0 Å². The van der Waals surface area contributed by atoms with E-state index in [1.807, 2.05) is 6.07 Å². The summed E-state index contributed by atoms with van der Waals surface area (Å²) in [7, 11) is 0. The SMILES string of the molecule is NC1C2CCC(C2)C1C(=O)Nc1ccc2c(c1F)CCNC2. The van der Waals surface area contributed by atoms with Crippen LogP contribution in [0, 0.1) is 23.6 Å². The Morgan fingerprint density at radius 1 is 1.32 bits per heavy atom. The summed E-state index contributed by atoms with van der Waals surface area (Å²) in [6.07, 6.45) is 3.93. The summed E-state index contributed by atoms with van der Waals surface area (Å²) in [6, 6.07) is 3.52. The maximum Gasteiger partial charge on any atom is 0.229 e. The van der Waals surface area contributed by atoms with Crippen molar-refractivity contribution in [3.8, 4) is 0 Å². The lowest BCUT2D eigenvalue weighted by Gasteiger charge is -2.27. The van der Waals surface area contributed by atoms with Gasteiger partial charge in [-0.3, -0.25) is 4.79 Å². The normalized spacial score (nSPS) is 32.8. The molecule has 1 amide bonds. The zero-order chi connectivity index (χ0) is 15.3. The van der Waals surface area contributed by atoms with E-state index in [9.17, 15) is 9.18 Å². The second kappa shape index (κ2) is 5.32. The minimum absolute atomic E-state index is 0.0661. The molecule has 0 radical (unpaired) electrons. The number of hydrogen-bond donors (Lipinski definition) is 3. The molecule has 22 heavy (non-hydrogen) atoms. The van der Waals surface area contributed by atoms with Crippen LogP contribution in [0.15, 0.2) is 12.1 Å². The molecule has 4 unspecified atom stereocenters. The quantitative estimate of drug-likeness (QED) is 0.780. The number of nitrogens with two attached hydrogens (primary N) is 1. The fourth-order valence-electron chi connectivity index (χ4n) is 4.57. The van der Waals surface area contributed by atoms with Gasteiger partial charge in [0, 0.05) is 12.6 Å². The van der Waals surface area contributed by atoms with Gasteiger partial charge in [-0.2, -0.15) is 0 Å². The molecule has 4 nitrogen and oxygen atoms in total. The van der Waals surface area contributed by atoms with Gasteiger partial charge in [0.15, 0.2) is 0 Å². The number of amides is 1. The van der Waals surface area contributed by atoms with Crippen molar-refractivity contribution < 1.29 is 9.18 Å². The Morgan fingerprint density at radius 2 is 2.14 bits per heavy atom. The average Bonchev–Trinajstić information content (AvgIpc) is 3.11. The maximum absolute atomic E-state index is 14.6. The van der Waals surface area contributed by atoms with E-state index in [1.165, 1.54) is 0 Å². The minimum Gasteiger partial charge on any atom is -0.327 e. The lowest BCUT2D eigenvalue weighted by atomic mass is 9.84. The highest BCUT2D eigenvalue weighted by atomic mass is 19.1. The predicted molar refractivity (Wildman–Crippen MR) is 82.7 cm³/mol. The standard InChI is InChI=1S/C17H22FN3O/c18-15-12-5-6-20-8-11(12)3-4-13(15)21-17(22)14-9-1-2-10(7-9)16(14)19/h3-4,9-10,14,16,20H,1-2,5-8,19H2,(H,21,22). The number of hydrogen-bond acceptors (Lipinski definition) is 3. The smallest absolute Gasteiger partial charge is 0.229 e. The monoisotopic (exact) mass is 303 g/mol. The molecule has 1 heterocycles. The average molecular weight is 303 g/mol. The van der Waals surface area contributed by atoms with E-state index in [4.69, 9.17) is 5.73 Å². The molecular formula is C17H22FN3O. The van der Waals surface area contributed by atoms with E-state index in [0.29, 0.717) is 30.5 Å². The first-order valence-electron chi connectivity index (χ1n) is 8.22. The molecule has 0 saturated heterocycles. The zero-order valence-electron chi connectivity index (χ0n) is 12.6. The van der Waals surface area contributed by atoms with Crippen LogP contribution in [0.3, 0.4) is 0 Å². The third kappa shape index (κ3) is 2.15. The van der Waals surface area contributed by atoms with Crippen molar-refractivity contribution in [3.63, 3.8) is 0 Å². The molecule has 118 valence electrons. The summed E-state index contributed by atoms with van der Waals surface area (Å²) in [6.45, 7) is 1.47. The molecule has 1 aliphatic heterocycles. The van der Waals surface area contributed by atoms with Gasteiger partial charge in [-0.25, -0.2) is 4.39 Å². The first-order valence-corrected chi connectivity index (χ1v) is 8.22. The van der Waals surface area contributed by atoms with Gasteiger partial charge in [0.2, 0.25) is 5.91 Å². The second-order valence-electron chi connectivity index (χ2n) is 6.92. The fourth-order valence-corrected chi connectivity index (χ4v) is 4.57. The van der Waals surface area contributed by atoms with E-state index >= 15 is 0 Å². The first-order chi connectivity index (χ1) is 10.6. The molecular weight excluding hydrogens is 281 g/mol. The molecule has 1 aromatic rings. The highest BCUT2D eigenvalue weighted by Crippen LogP contribution is 2.48. The number of carbonyl (C=O) groups excluding carboxylic acids is 1. The first kappa shape index (κ1) is 14.2. The number of rotatable bonds is 2. The van der Waals surface area contributed by atoms with E-state index in [2.05, 4.69) is 10.6 Å². The Labute approximate surface area is 129 Å². The summed E-state index contributed by atoms with van der Waals surface area (Å²) in [5.74, 6) is 0.317. The van der Waals surface area contributed by atoms with Crippen molar-refractivity contribution >= 4 is 11.6 Å². The zero-order valence-corrected chi connectivity index (χ0v) is 12.6. The molecule has 5 heteroatoms. The van der Waals surface area contributed by atoms with Crippen molar-refractivity contribution in [2.45, 2.75) is 38.3 Å². The van der Waals surface area contributed by atoms with Crippen LogP contribution in [0.2, 0.25) is 0 Å². The van der Waals surface area contributed by atoms with Gasteiger partial charge in [0.1, 0.15) is 5.82 Å².